The summed E-state index contributed by atoms with van der Waals surface area (Å²) in [6.45, 7) is 0. The van der Waals surface area contributed by atoms with Crippen molar-refractivity contribution >= 4 is 28.7 Å². The molecule has 0 saturated heterocycles. The van der Waals surface area contributed by atoms with Crippen molar-refractivity contribution in [2.24, 2.45) is 5.73 Å². The molecule has 1 atom stereocenters. The Morgan fingerprint density at radius 2 is 2.35 bits per heavy atom. The first kappa shape index (κ1) is 12.2. The van der Waals surface area contributed by atoms with Gasteiger partial charge < -0.3 is 5.73 Å². The highest BCUT2D eigenvalue weighted by Gasteiger charge is 2.17. The number of hydrogen-bond donors (Lipinski definition) is 1. The van der Waals surface area contributed by atoms with Crippen molar-refractivity contribution in [1.82, 2.24) is 4.98 Å². The topological polar surface area (TPSA) is 56.0 Å². The van der Waals surface area contributed by atoms with E-state index in [9.17, 15) is 4.79 Å². The van der Waals surface area contributed by atoms with Crippen LogP contribution in [-0.2, 0) is 11.2 Å². The number of carbonyl (C=O) groups excluding carboxylic acids is 1. The summed E-state index contributed by atoms with van der Waals surface area (Å²) < 4.78 is 0. The van der Waals surface area contributed by atoms with Crippen molar-refractivity contribution in [3.05, 3.63) is 51.4 Å². The molecule has 5 heteroatoms. The summed E-state index contributed by atoms with van der Waals surface area (Å²) in [5, 5.41) is 2.40. The van der Waals surface area contributed by atoms with Gasteiger partial charge in [0.2, 0.25) is 0 Å². The maximum Gasteiger partial charge on any atom is 0.159 e. The van der Waals surface area contributed by atoms with Crippen LogP contribution >= 0.6 is 22.9 Å². The largest absolute Gasteiger partial charge is 0.317 e. The molecule has 0 spiro atoms. The molecule has 0 aromatic carbocycles. The van der Waals surface area contributed by atoms with E-state index in [1.807, 2.05) is 17.5 Å². The van der Waals surface area contributed by atoms with Crippen LogP contribution in [0.4, 0.5) is 0 Å². The summed E-state index contributed by atoms with van der Waals surface area (Å²) in [4.78, 5) is 16.7. The van der Waals surface area contributed by atoms with Crippen LogP contribution in [0.15, 0.2) is 36.0 Å². The number of ketones is 1. The number of pyridine rings is 1. The molecule has 2 rings (SSSR count). The van der Waals surface area contributed by atoms with E-state index in [4.69, 9.17) is 17.3 Å². The van der Waals surface area contributed by atoms with E-state index in [-0.39, 0.29) is 12.2 Å². The van der Waals surface area contributed by atoms with E-state index in [2.05, 4.69) is 4.98 Å². The molecule has 3 nitrogen and oxygen atoms in total. The summed E-state index contributed by atoms with van der Waals surface area (Å²) in [7, 11) is 0. The van der Waals surface area contributed by atoms with Crippen LogP contribution in [-0.4, -0.2) is 10.8 Å². The average Bonchev–Trinajstić information content (AvgIpc) is 2.84. The molecular weight excluding hydrogens is 256 g/mol. The standard InChI is InChI=1S/C12H11ClN2OS/c13-9-7-15-4-3-8(9)6-10(16)12(14)11-2-1-5-17-11/h1-5,7,12H,6,14H2. The maximum absolute atomic E-state index is 12.0. The smallest absolute Gasteiger partial charge is 0.159 e. The number of Topliss-reactive ketones (excluding diaryl/α,β-unsaturated/α-hetero) is 1. The number of nitrogens with two attached hydrogens (primary N) is 1. The van der Waals surface area contributed by atoms with Crippen LogP contribution in [0.3, 0.4) is 0 Å². The number of halogens is 1. The van der Waals surface area contributed by atoms with E-state index >= 15 is 0 Å². The Bertz CT molecular complexity index is 513. The van der Waals surface area contributed by atoms with Gasteiger partial charge in [-0.15, -0.1) is 11.3 Å². The number of aromatic nitrogens is 1. The van der Waals surface area contributed by atoms with Crippen molar-refractivity contribution in [2.75, 3.05) is 0 Å². The number of nitrogens with zero attached hydrogens (tertiary/aromatic N) is 1. The number of hydrogen-bond acceptors (Lipinski definition) is 4. The minimum Gasteiger partial charge on any atom is -0.317 e. The summed E-state index contributed by atoms with van der Waals surface area (Å²) in [6.07, 6.45) is 3.38. The van der Waals surface area contributed by atoms with E-state index in [0.29, 0.717) is 5.02 Å². The number of carbonyl (C=O) groups is 1. The Labute approximate surface area is 108 Å². The molecule has 0 aliphatic rings. The fourth-order valence-electron chi connectivity index (χ4n) is 1.47. The summed E-state index contributed by atoms with van der Waals surface area (Å²) >= 11 is 7.43. The maximum atomic E-state index is 12.0. The molecule has 2 heterocycles. The third-order valence-corrected chi connectivity index (χ3v) is 3.71. The first-order chi connectivity index (χ1) is 8.18. The highest BCUT2D eigenvalue weighted by Crippen LogP contribution is 2.21. The second-order valence-corrected chi connectivity index (χ2v) is 4.99. The molecule has 0 bridgehead atoms. The Hall–Kier alpha value is -1.23. The van der Waals surface area contributed by atoms with Crippen molar-refractivity contribution in [3.8, 4) is 0 Å². The number of rotatable bonds is 4. The zero-order chi connectivity index (χ0) is 12.3. The Morgan fingerprint density at radius 3 is 3.00 bits per heavy atom. The van der Waals surface area contributed by atoms with Crippen molar-refractivity contribution in [3.63, 3.8) is 0 Å². The second-order valence-electron chi connectivity index (χ2n) is 3.60. The van der Waals surface area contributed by atoms with Gasteiger partial charge in [-0.25, -0.2) is 0 Å². The third-order valence-electron chi connectivity index (χ3n) is 2.42. The molecule has 17 heavy (non-hydrogen) atoms. The lowest BCUT2D eigenvalue weighted by molar-refractivity contribution is -0.119. The lowest BCUT2D eigenvalue weighted by Gasteiger charge is -2.09. The predicted octanol–water partition coefficient (Wildman–Crippen LogP) is 2.61. The number of thiophene rings is 1. The molecule has 0 aliphatic heterocycles. The lowest BCUT2D eigenvalue weighted by Crippen LogP contribution is -2.22. The minimum atomic E-state index is -0.570. The SMILES string of the molecule is NC(C(=O)Cc1ccncc1Cl)c1cccs1. The summed E-state index contributed by atoms with van der Waals surface area (Å²) in [5.41, 5.74) is 6.65. The van der Waals surface area contributed by atoms with Gasteiger partial charge in [-0.3, -0.25) is 9.78 Å². The highest BCUT2D eigenvalue weighted by atomic mass is 35.5. The average molecular weight is 267 g/mol. The minimum absolute atomic E-state index is 0.0412. The van der Waals surface area contributed by atoms with Gasteiger partial charge in [0.1, 0.15) is 0 Å². The predicted molar refractivity (Wildman–Crippen MR) is 69.2 cm³/mol. The summed E-state index contributed by atoms with van der Waals surface area (Å²) in [5.74, 6) is -0.0412. The second kappa shape index (κ2) is 5.40. The van der Waals surface area contributed by atoms with Crippen LogP contribution in [0, 0.1) is 0 Å². The van der Waals surface area contributed by atoms with Crippen molar-refractivity contribution < 1.29 is 4.79 Å². The highest BCUT2D eigenvalue weighted by molar-refractivity contribution is 7.10. The third kappa shape index (κ3) is 2.91. The van der Waals surface area contributed by atoms with Gasteiger partial charge in [0.25, 0.3) is 0 Å². The molecule has 2 aromatic heterocycles. The van der Waals surface area contributed by atoms with Crippen LogP contribution < -0.4 is 5.73 Å². The van der Waals surface area contributed by atoms with Gasteiger partial charge in [-0.05, 0) is 23.1 Å². The van der Waals surface area contributed by atoms with Gasteiger partial charge >= 0.3 is 0 Å². The first-order valence-corrected chi connectivity index (χ1v) is 6.34. The van der Waals surface area contributed by atoms with Crippen LogP contribution in [0.5, 0.6) is 0 Å². The molecular formula is C12H11ClN2OS. The normalized spacial score (nSPS) is 12.4. The Kier molecular flexibility index (Phi) is 3.89. The molecule has 2 aromatic rings. The zero-order valence-electron chi connectivity index (χ0n) is 8.97. The van der Waals surface area contributed by atoms with E-state index < -0.39 is 6.04 Å². The quantitative estimate of drug-likeness (QED) is 0.925. The molecule has 0 aliphatic carbocycles. The van der Waals surface area contributed by atoms with Gasteiger partial charge in [0, 0.05) is 23.7 Å². The molecule has 0 saturated carbocycles. The Balaban J connectivity index is 2.10. The van der Waals surface area contributed by atoms with Crippen molar-refractivity contribution in [2.45, 2.75) is 12.5 Å². The van der Waals surface area contributed by atoms with Crippen LogP contribution in [0.2, 0.25) is 5.02 Å². The molecule has 0 radical (unpaired) electrons. The molecule has 1 unspecified atom stereocenters. The van der Waals surface area contributed by atoms with Crippen LogP contribution in [0.1, 0.15) is 16.5 Å². The molecule has 0 amide bonds. The molecule has 2 N–H and O–H groups in total. The van der Waals surface area contributed by atoms with Gasteiger partial charge in [0.05, 0.1) is 11.1 Å². The van der Waals surface area contributed by atoms with E-state index in [1.165, 1.54) is 17.5 Å². The van der Waals surface area contributed by atoms with Gasteiger partial charge in [0.15, 0.2) is 5.78 Å². The monoisotopic (exact) mass is 266 g/mol. The fourth-order valence-corrected chi connectivity index (χ4v) is 2.41. The molecule has 0 fully saturated rings. The lowest BCUT2D eigenvalue weighted by atomic mass is 10.0. The van der Waals surface area contributed by atoms with Gasteiger partial charge in [-0.1, -0.05) is 17.7 Å². The van der Waals surface area contributed by atoms with Crippen LogP contribution in [0.25, 0.3) is 0 Å². The summed E-state index contributed by atoms with van der Waals surface area (Å²) in [6, 6.07) is 4.91. The van der Waals surface area contributed by atoms with E-state index in [0.717, 1.165) is 10.4 Å². The van der Waals surface area contributed by atoms with Crippen molar-refractivity contribution in [1.29, 1.82) is 0 Å². The zero-order valence-corrected chi connectivity index (χ0v) is 10.5. The Morgan fingerprint density at radius 1 is 1.53 bits per heavy atom. The molecule has 88 valence electrons. The fraction of sp³-hybridized carbons (Fsp3) is 0.167. The first-order valence-electron chi connectivity index (χ1n) is 5.08. The van der Waals surface area contributed by atoms with E-state index in [1.54, 1.807) is 12.3 Å². The van der Waals surface area contributed by atoms with Gasteiger partial charge in [-0.2, -0.15) is 0 Å².